The molecule has 0 aliphatic heterocycles. The number of hydrogen-bond donors (Lipinski definition) is 3. The summed E-state index contributed by atoms with van der Waals surface area (Å²) >= 11 is 0. The number of aliphatic hydroxyl groups excluding tert-OH is 1. The Hall–Kier alpha value is -0.660. The summed E-state index contributed by atoms with van der Waals surface area (Å²) in [5, 5.41) is 13.3. The minimum Gasteiger partial charge on any atom is -0.391 e. The van der Waals surface area contributed by atoms with Crippen molar-refractivity contribution >= 4 is 16.0 Å². The van der Waals surface area contributed by atoms with E-state index < -0.39 is 28.0 Å². The molecule has 0 aromatic carbocycles. The lowest BCUT2D eigenvalue weighted by Crippen LogP contribution is -2.47. The molecule has 0 aromatic rings. The van der Waals surface area contributed by atoms with Crippen molar-refractivity contribution in [3.63, 3.8) is 0 Å². The normalized spacial score (nSPS) is 13.3. The minimum atomic E-state index is -4.30. The molecule has 0 aromatic heterocycles. The van der Waals surface area contributed by atoms with Gasteiger partial charge in [0, 0.05) is 6.42 Å². The second-order valence-electron chi connectivity index (χ2n) is 13.2. The van der Waals surface area contributed by atoms with E-state index in [1.54, 1.807) is 0 Å². The van der Waals surface area contributed by atoms with E-state index in [1.165, 1.54) is 141 Å². The zero-order valence-electron chi connectivity index (χ0n) is 28.6. The molecular weight excluding hydrogens is 558 g/mol. The van der Waals surface area contributed by atoms with Crippen LogP contribution >= 0.6 is 0 Å². The Balaban J connectivity index is 3.84. The molecule has 0 aliphatic carbocycles. The quantitative estimate of drug-likeness (QED) is 0.0484. The summed E-state index contributed by atoms with van der Waals surface area (Å²) in [6, 6.07) is -0.962. The van der Waals surface area contributed by atoms with Crippen LogP contribution in [0.5, 0.6) is 0 Å². The van der Waals surface area contributed by atoms with E-state index in [-0.39, 0.29) is 5.91 Å². The van der Waals surface area contributed by atoms with Crippen LogP contribution in [0.2, 0.25) is 0 Å². The van der Waals surface area contributed by atoms with Gasteiger partial charge >= 0.3 is 0 Å². The highest BCUT2D eigenvalue weighted by molar-refractivity contribution is 7.85. The first kappa shape index (κ1) is 42.3. The second-order valence-corrected chi connectivity index (χ2v) is 14.7. The zero-order chi connectivity index (χ0) is 31.9. The van der Waals surface area contributed by atoms with Crippen LogP contribution in [-0.4, -0.2) is 41.9 Å². The fraction of sp³-hybridized carbons (Fsp3) is 0.972. The second kappa shape index (κ2) is 31.3. The van der Waals surface area contributed by atoms with Crippen LogP contribution in [0.15, 0.2) is 0 Å². The fourth-order valence-electron chi connectivity index (χ4n) is 5.98. The van der Waals surface area contributed by atoms with E-state index >= 15 is 0 Å². The summed E-state index contributed by atoms with van der Waals surface area (Å²) in [6.07, 6.45) is 34.8. The molecule has 7 heteroatoms. The Morgan fingerprint density at radius 1 is 0.535 bits per heavy atom. The first-order valence-corrected chi connectivity index (χ1v) is 20.3. The lowest BCUT2D eigenvalue weighted by molar-refractivity contribution is -0.122. The molecule has 2 atom stereocenters. The van der Waals surface area contributed by atoms with Crippen molar-refractivity contribution in [3.05, 3.63) is 0 Å². The summed E-state index contributed by atoms with van der Waals surface area (Å²) < 4.78 is 32.4. The lowest BCUT2D eigenvalue weighted by Gasteiger charge is -2.23. The maximum absolute atomic E-state index is 12.5. The molecule has 2 unspecified atom stereocenters. The molecule has 0 heterocycles. The Morgan fingerprint density at radius 2 is 0.837 bits per heavy atom. The zero-order valence-corrected chi connectivity index (χ0v) is 29.4. The predicted octanol–water partition coefficient (Wildman–Crippen LogP) is 10.5. The Kier molecular flexibility index (Phi) is 30.8. The summed E-state index contributed by atoms with van der Waals surface area (Å²) in [7, 11) is -4.30. The topological polar surface area (TPSA) is 104 Å². The third-order valence-corrected chi connectivity index (χ3v) is 9.59. The molecule has 3 N–H and O–H groups in total. The average Bonchev–Trinajstić information content (AvgIpc) is 2.96. The highest BCUT2D eigenvalue weighted by Gasteiger charge is 2.26. The van der Waals surface area contributed by atoms with E-state index in [1.807, 2.05) is 0 Å². The average molecular weight is 632 g/mol. The number of rotatable bonds is 34. The molecule has 1 amide bonds. The van der Waals surface area contributed by atoms with Crippen molar-refractivity contribution in [1.82, 2.24) is 5.32 Å². The van der Waals surface area contributed by atoms with Crippen molar-refractivity contribution in [1.29, 1.82) is 0 Å². The van der Waals surface area contributed by atoms with Gasteiger partial charge in [-0.2, -0.15) is 8.42 Å². The van der Waals surface area contributed by atoms with Gasteiger partial charge in [0.05, 0.1) is 17.9 Å². The standard InChI is InChI=1S/C36H73NO5S/c1-3-5-7-9-11-13-15-16-17-18-19-20-22-24-26-28-30-32-36(39)37-34(33-43(40,41)42)35(38)31-29-27-25-23-21-14-12-10-8-6-4-2/h34-35,38H,3-33H2,1-2H3,(H,37,39)(H,40,41,42). The summed E-state index contributed by atoms with van der Waals surface area (Å²) in [5.74, 6) is -0.885. The number of aliphatic hydroxyl groups is 1. The number of carbonyl (C=O) groups excluding carboxylic acids is 1. The number of unbranched alkanes of at least 4 members (excludes halogenated alkanes) is 26. The lowest BCUT2D eigenvalue weighted by atomic mass is 10.0. The first-order chi connectivity index (χ1) is 20.8. The summed E-state index contributed by atoms with van der Waals surface area (Å²) in [6.45, 7) is 4.50. The van der Waals surface area contributed by atoms with E-state index in [2.05, 4.69) is 19.2 Å². The molecule has 258 valence electrons. The van der Waals surface area contributed by atoms with Gasteiger partial charge in [0.25, 0.3) is 10.1 Å². The Bertz CT molecular complexity index is 700. The van der Waals surface area contributed by atoms with Crippen molar-refractivity contribution < 1.29 is 22.9 Å². The van der Waals surface area contributed by atoms with E-state index in [0.717, 1.165) is 38.5 Å². The van der Waals surface area contributed by atoms with E-state index in [4.69, 9.17) is 0 Å². The third kappa shape index (κ3) is 32.5. The molecule has 0 spiro atoms. The SMILES string of the molecule is CCCCCCCCCCCCCCCCCCCC(=O)NC(CS(=O)(=O)O)C(O)CCCCCCCCCCCCC. The number of hydrogen-bond acceptors (Lipinski definition) is 4. The van der Waals surface area contributed by atoms with Crippen LogP contribution in [0.4, 0.5) is 0 Å². The van der Waals surface area contributed by atoms with Gasteiger partial charge in [0.15, 0.2) is 0 Å². The molecule has 0 fully saturated rings. The van der Waals surface area contributed by atoms with E-state index in [0.29, 0.717) is 12.8 Å². The van der Waals surface area contributed by atoms with Crippen LogP contribution in [0.1, 0.15) is 206 Å². The molecule has 43 heavy (non-hydrogen) atoms. The summed E-state index contributed by atoms with van der Waals surface area (Å²) in [4.78, 5) is 12.5. The molecule has 0 rings (SSSR count). The predicted molar refractivity (Wildman–Crippen MR) is 184 cm³/mol. The van der Waals surface area contributed by atoms with Gasteiger partial charge in [-0.1, -0.05) is 187 Å². The largest absolute Gasteiger partial charge is 0.391 e. The molecule has 0 aliphatic rings. The summed E-state index contributed by atoms with van der Waals surface area (Å²) in [5.41, 5.74) is 0. The highest BCUT2D eigenvalue weighted by Crippen LogP contribution is 2.16. The van der Waals surface area contributed by atoms with Crippen molar-refractivity contribution in [3.8, 4) is 0 Å². The van der Waals surface area contributed by atoms with Gasteiger partial charge in [-0.25, -0.2) is 0 Å². The van der Waals surface area contributed by atoms with Gasteiger partial charge in [0.1, 0.15) is 0 Å². The molecular formula is C36H73NO5S. The van der Waals surface area contributed by atoms with Crippen LogP contribution in [0.25, 0.3) is 0 Å². The number of nitrogens with one attached hydrogen (secondary N) is 1. The van der Waals surface area contributed by atoms with Crippen LogP contribution in [0.3, 0.4) is 0 Å². The fourth-order valence-corrected chi connectivity index (χ4v) is 6.74. The molecule has 0 bridgehead atoms. The van der Waals surface area contributed by atoms with Crippen LogP contribution < -0.4 is 5.32 Å². The van der Waals surface area contributed by atoms with Crippen LogP contribution in [-0.2, 0) is 14.9 Å². The van der Waals surface area contributed by atoms with Gasteiger partial charge < -0.3 is 10.4 Å². The monoisotopic (exact) mass is 632 g/mol. The van der Waals surface area contributed by atoms with Gasteiger partial charge in [-0.3, -0.25) is 9.35 Å². The Morgan fingerprint density at radius 3 is 1.16 bits per heavy atom. The highest BCUT2D eigenvalue weighted by atomic mass is 32.2. The van der Waals surface area contributed by atoms with Gasteiger partial charge in [-0.05, 0) is 12.8 Å². The van der Waals surface area contributed by atoms with Crippen LogP contribution in [0, 0.1) is 0 Å². The first-order valence-electron chi connectivity index (χ1n) is 18.7. The molecule has 0 saturated heterocycles. The third-order valence-electron chi connectivity index (χ3n) is 8.81. The minimum absolute atomic E-state index is 0.243. The van der Waals surface area contributed by atoms with Crippen molar-refractivity contribution in [2.24, 2.45) is 0 Å². The molecule has 0 saturated carbocycles. The van der Waals surface area contributed by atoms with Gasteiger partial charge in [0.2, 0.25) is 5.91 Å². The molecule has 6 nitrogen and oxygen atoms in total. The van der Waals surface area contributed by atoms with Gasteiger partial charge in [-0.15, -0.1) is 0 Å². The number of carbonyl (C=O) groups is 1. The number of amides is 1. The smallest absolute Gasteiger partial charge is 0.266 e. The Labute approximate surface area is 268 Å². The maximum atomic E-state index is 12.5. The maximum Gasteiger partial charge on any atom is 0.266 e. The van der Waals surface area contributed by atoms with Crippen molar-refractivity contribution in [2.45, 2.75) is 219 Å². The van der Waals surface area contributed by atoms with E-state index in [9.17, 15) is 22.9 Å². The molecule has 0 radical (unpaired) electrons. The van der Waals surface area contributed by atoms with Crippen molar-refractivity contribution in [2.75, 3.05) is 5.75 Å².